The van der Waals surface area contributed by atoms with E-state index >= 15 is 0 Å². The van der Waals surface area contributed by atoms with E-state index < -0.39 is 9.84 Å². The highest BCUT2D eigenvalue weighted by Crippen LogP contribution is 2.29. The molecule has 5 nitrogen and oxygen atoms in total. The van der Waals surface area contributed by atoms with Crippen LogP contribution < -0.4 is 0 Å². The molecule has 6 heteroatoms. The van der Waals surface area contributed by atoms with Crippen molar-refractivity contribution in [1.29, 1.82) is 0 Å². The average molecular weight is 339 g/mol. The molecule has 0 bridgehead atoms. The molecule has 0 N–H and O–H groups in total. The first kappa shape index (κ1) is 16.3. The smallest absolute Gasteiger partial charge is 0.221 e. The zero-order chi connectivity index (χ0) is 17.3. The van der Waals surface area contributed by atoms with Crippen LogP contribution in [0.3, 0.4) is 0 Å². The first-order chi connectivity index (χ1) is 11.3. The Labute approximate surface area is 141 Å². The van der Waals surface area contributed by atoms with Crippen LogP contribution in [0.4, 0.5) is 0 Å². The van der Waals surface area contributed by atoms with Gasteiger partial charge in [0.05, 0.1) is 0 Å². The Balaban J connectivity index is 2.27. The fourth-order valence-electron chi connectivity index (χ4n) is 2.37. The van der Waals surface area contributed by atoms with E-state index in [2.05, 4.69) is 15.2 Å². The van der Waals surface area contributed by atoms with Crippen LogP contribution in [0.15, 0.2) is 53.7 Å². The number of hydrogen-bond acceptors (Lipinski definition) is 5. The van der Waals surface area contributed by atoms with Gasteiger partial charge in [-0.1, -0.05) is 53.6 Å². The van der Waals surface area contributed by atoms with E-state index in [-0.39, 0.29) is 5.16 Å². The second-order valence-electron chi connectivity index (χ2n) is 5.80. The van der Waals surface area contributed by atoms with Gasteiger partial charge in [-0.05, 0) is 19.9 Å². The molecule has 0 saturated heterocycles. The summed E-state index contributed by atoms with van der Waals surface area (Å²) in [5.74, 6) is 0. The Hall–Kier alpha value is -2.60. The van der Waals surface area contributed by atoms with E-state index in [0.29, 0.717) is 11.4 Å². The highest BCUT2D eigenvalue weighted by atomic mass is 32.2. The second kappa shape index (κ2) is 6.13. The Kier molecular flexibility index (Phi) is 4.15. The molecule has 2 aromatic carbocycles. The van der Waals surface area contributed by atoms with Gasteiger partial charge in [-0.3, -0.25) is 0 Å². The number of sulfone groups is 1. The van der Waals surface area contributed by atoms with Crippen molar-refractivity contribution in [1.82, 2.24) is 15.2 Å². The third-order valence-electron chi connectivity index (χ3n) is 3.62. The molecule has 122 valence electrons. The van der Waals surface area contributed by atoms with Crippen molar-refractivity contribution in [2.75, 3.05) is 6.26 Å². The van der Waals surface area contributed by atoms with E-state index in [1.54, 1.807) is 0 Å². The molecule has 0 aliphatic carbocycles. The lowest BCUT2D eigenvalue weighted by Gasteiger charge is -2.10. The maximum atomic E-state index is 11.8. The maximum absolute atomic E-state index is 11.8. The third-order valence-corrected chi connectivity index (χ3v) is 4.45. The molecule has 1 aromatic heterocycles. The van der Waals surface area contributed by atoms with Gasteiger partial charge in [0.1, 0.15) is 11.4 Å². The topological polar surface area (TPSA) is 72.8 Å². The highest BCUT2D eigenvalue weighted by Gasteiger charge is 2.18. The standard InChI is InChI=1S/C18H17N3O2S/c1-12-7-9-14(10-8-12)17-16(15-6-4-5-13(2)11-15)19-18(21-20-17)24(3,22)23/h4-11H,1-3H3. The van der Waals surface area contributed by atoms with Gasteiger partial charge >= 0.3 is 0 Å². The second-order valence-corrected chi connectivity index (χ2v) is 7.71. The van der Waals surface area contributed by atoms with E-state index in [1.807, 2.05) is 62.4 Å². The molecular formula is C18H17N3O2S. The zero-order valence-corrected chi connectivity index (χ0v) is 14.5. The monoisotopic (exact) mass is 339 g/mol. The summed E-state index contributed by atoms with van der Waals surface area (Å²) in [6.45, 7) is 3.98. The van der Waals surface area contributed by atoms with Crippen LogP contribution in [0.1, 0.15) is 11.1 Å². The molecule has 0 saturated carbocycles. The van der Waals surface area contributed by atoms with Crippen molar-refractivity contribution in [2.24, 2.45) is 0 Å². The van der Waals surface area contributed by atoms with E-state index in [4.69, 9.17) is 0 Å². The summed E-state index contributed by atoms with van der Waals surface area (Å²) >= 11 is 0. The Morgan fingerprint density at radius 2 is 1.50 bits per heavy atom. The molecular weight excluding hydrogens is 322 g/mol. The summed E-state index contributed by atoms with van der Waals surface area (Å²) < 4.78 is 23.6. The number of aryl methyl sites for hydroxylation is 2. The average Bonchev–Trinajstić information content (AvgIpc) is 2.54. The van der Waals surface area contributed by atoms with Gasteiger partial charge in [-0.25, -0.2) is 13.4 Å². The summed E-state index contributed by atoms with van der Waals surface area (Å²) in [6, 6.07) is 15.5. The summed E-state index contributed by atoms with van der Waals surface area (Å²) in [6.07, 6.45) is 1.08. The molecule has 0 radical (unpaired) electrons. The van der Waals surface area contributed by atoms with Gasteiger partial charge in [0.2, 0.25) is 9.84 Å². The number of rotatable bonds is 3. The van der Waals surface area contributed by atoms with Crippen molar-refractivity contribution >= 4 is 9.84 Å². The van der Waals surface area contributed by atoms with Gasteiger partial charge in [0.15, 0.2) is 0 Å². The Bertz CT molecular complexity index is 997. The van der Waals surface area contributed by atoms with Crippen molar-refractivity contribution < 1.29 is 8.42 Å². The van der Waals surface area contributed by atoms with Crippen LogP contribution >= 0.6 is 0 Å². The van der Waals surface area contributed by atoms with Crippen molar-refractivity contribution in [3.05, 3.63) is 59.7 Å². The Morgan fingerprint density at radius 1 is 0.792 bits per heavy atom. The molecule has 0 fully saturated rings. The van der Waals surface area contributed by atoms with Crippen LogP contribution in [-0.2, 0) is 9.84 Å². The molecule has 3 aromatic rings. The van der Waals surface area contributed by atoms with Crippen molar-refractivity contribution in [3.8, 4) is 22.5 Å². The molecule has 1 heterocycles. The maximum Gasteiger partial charge on any atom is 0.267 e. The summed E-state index contributed by atoms with van der Waals surface area (Å²) in [7, 11) is -3.53. The lowest BCUT2D eigenvalue weighted by atomic mass is 10.0. The minimum Gasteiger partial charge on any atom is -0.221 e. The van der Waals surface area contributed by atoms with E-state index in [0.717, 1.165) is 28.5 Å². The van der Waals surface area contributed by atoms with Crippen LogP contribution in [-0.4, -0.2) is 29.9 Å². The van der Waals surface area contributed by atoms with Crippen molar-refractivity contribution in [3.63, 3.8) is 0 Å². The normalized spacial score (nSPS) is 11.5. The molecule has 0 atom stereocenters. The van der Waals surface area contributed by atoms with Gasteiger partial charge in [-0.15, -0.1) is 10.2 Å². The lowest BCUT2D eigenvalue weighted by Crippen LogP contribution is -2.08. The molecule has 0 amide bonds. The first-order valence-corrected chi connectivity index (χ1v) is 9.32. The lowest BCUT2D eigenvalue weighted by molar-refractivity contribution is 0.589. The van der Waals surface area contributed by atoms with Crippen LogP contribution in [0.2, 0.25) is 0 Å². The fourth-order valence-corrected chi connectivity index (χ4v) is 2.81. The Morgan fingerprint density at radius 3 is 2.12 bits per heavy atom. The van der Waals surface area contributed by atoms with Gasteiger partial charge in [0.25, 0.3) is 5.16 Å². The van der Waals surface area contributed by atoms with E-state index in [1.165, 1.54) is 0 Å². The van der Waals surface area contributed by atoms with Crippen molar-refractivity contribution in [2.45, 2.75) is 19.0 Å². The molecule has 3 rings (SSSR count). The van der Waals surface area contributed by atoms with Crippen LogP contribution in [0.5, 0.6) is 0 Å². The minimum absolute atomic E-state index is 0.269. The predicted octanol–water partition coefficient (Wildman–Crippen LogP) is 3.23. The fraction of sp³-hybridized carbons (Fsp3) is 0.167. The molecule has 24 heavy (non-hydrogen) atoms. The summed E-state index contributed by atoms with van der Waals surface area (Å²) in [5, 5.41) is 7.70. The highest BCUT2D eigenvalue weighted by molar-refractivity contribution is 7.90. The molecule has 0 spiro atoms. The van der Waals surface area contributed by atoms with Crippen LogP contribution in [0, 0.1) is 13.8 Å². The summed E-state index contributed by atoms with van der Waals surface area (Å²) in [5.41, 5.74) is 4.92. The first-order valence-electron chi connectivity index (χ1n) is 7.43. The number of aromatic nitrogens is 3. The SMILES string of the molecule is Cc1ccc(-c2nnc(S(C)(=O)=O)nc2-c2cccc(C)c2)cc1. The van der Waals surface area contributed by atoms with E-state index in [9.17, 15) is 8.42 Å². The van der Waals surface area contributed by atoms with Gasteiger partial charge < -0.3 is 0 Å². The number of nitrogens with zero attached hydrogens (tertiary/aromatic N) is 3. The quantitative estimate of drug-likeness (QED) is 0.732. The third kappa shape index (κ3) is 3.33. The number of benzene rings is 2. The zero-order valence-electron chi connectivity index (χ0n) is 13.7. The summed E-state index contributed by atoms with van der Waals surface area (Å²) in [4.78, 5) is 4.29. The number of hydrogen-bond donors (Lipinski definition) is 0. The minimum atomic E-state index is -3.53. The predicted molar refractivity (Wildman–Crippen MR) is 93.3 cm³/mol. The van der Waals surface area contributed by atoms with Gasteiger partial charge in [-0.2, -0.15) is 0 Å². The molecule has 0 aliphatic rings. The molecule has 0 aliphatic heterocycles. The van der Waals surface area contributed by atoms with Crippen LogP contribution in [0.25, 0.3) is 22.5 Å². The van der Waals surface area contributed by atoms with Gasteiger partial charge in [0, 0.05) is 17.4 Å². The molecule has 0 unspecified atom stereocenters. The largest absolute Gasteiger partial charge is 0.267 e.